The molecule has 0 spiro atoms. The summed E-state index contributed by atoms with van der Waals surface area (Å²) < 4.78 is 89.2. The second-order valence-electron chi connectivity index (χ2n) is 8.69. The number of hydrogen-bond donors (Lipinski definition) is 1. The summed E-state index contributed by atoms with van der Waals surface area (Å²) in [5.74, 6) is -2.18. The van der Waals surface area contributed by atoms with Crippen LogP contribution in [0.5, 0.6) is 5.75 Å². The van der Waals surface area contributed by atoms with E-state index in [0.717, 1.165) is 16.8 Å². The van der Waals surface area contributed by atoms with Gasteiger partial charge in [-0.3, -0.25) is 4.79 Å². The largest absolute Gasteiger partial charge is 0.573 e. The van der Waals surface area contributed by atoms with Crippen molar-refractivity contribution in [2.45, 2.75) is 38.6 Å². The molecule has 0 bridgehead atoms. The minimum atomic E-state index is -4.94. The Morgan fingerprint density at radius 2 is 1.74 bits per heavy atom. The average Bonchev–Trinajstić information content (AvgIpc) is 3.43. The molecule has 14 heteroatoms. The number of nitrogens with one attached hydrogen (secondary N) is 1. The van der Waals surface area contributed by atoms with Gasteiger partial charge in [0.1, 0.15) is 17.1 Å². The fourth-order valence-electron chi connectivity index (χ4n) is 4.25. The molecule has 0 unspecified atom stereocenters. The van der Waals surface area contributed by atoms with Gasteiger partial charge in [0.15, 0.2) is 5.69 Å². The van der Waals surface area contributed by atoms with Crippen molar-refractivity contribution in [3.8, 4) is 5.75 Å². The van der Waals surface area contributed by atoms with Gasteiger partial charge in [0, 0.05) is 13.1 Å². The lowest BCUT2D eigenvalue weighted by atomic mass is 10.1. The lowest BCUT2D eigenvalue weighted by molar-refractivity contribution is -0.274. The van der Waals surface area contributed by atoms with Crippen LogP contribution in [-0.2, 0) is 24.0 Å². The molecule has 1 amide bonds. The number of benzene rings is 2. The van der Waals surface area contributed by atoms with Crippen molar-refractivity contribution in [2.75, 3.05) is 18.6 Å². The van der Waals surface area contributed by atoms with Gasteiger partial charge in [0.2, 0.25) is 0 Å². The fraction of sp³-hybridized carbons (Fsp3) is 0.320. The molecule has 0 saturated heterocycles. The zero-order valence-corrected chi connectivity index (χ0v) is 20.6. The van der Waals surface area contributed by atoms with Crippen LogP contribution in [0.1, 0.15) is 50.5 Å². The predicted octanol–water partition coefficient (Wildman–Crippen LogP) is 5.10. The number of rotatable bonds is 7. The number of ether oxygens (including phenoxy) is 2. The van der Waals surface area contributed by atoms with E-state index >= 15 is 0 Å². The molecule has 1 aromatic heterocycles. The Bertz CT molecular complexity index is 1370. The van der Waals surface area contributed by atoms with Crippen LogP contribution in [0.4, 0.5) is 32.2 Å². The van der Waals surface area contributed by atoms with Crippen molar-refractivity contribution in [3.05, 3.63) is 76.5 Å². The van der Waals surface area contributed by atoms with Crippen molar-refractivity contribution in [3.63, 3.8) is 0 Å². The van der Waals surface area contributed by atoms with Gasteiger partial charge in [-0.1, -0.05) is 24.3 Å². The average molecular weight is 556 g/mol. The zero-order valence-electron chi connectivity index (χ0n) is 20.6. The second-order valence-corrected chi connectivity index (χ2v) is 8.69. The monoisotopic (exact) mass is 556 g/mol. The first-order chi connectivity index (χ1) is 18.3. The molecule has 1 aliphatic heterocycles. The Hall–Kier alpha value is -4.23. The molecule has 1 aliphatic rings. The number of carbonyl (C=O) groups is 2. The molecule has 0 radical (unpaired) electrons. The van der Waals surface area contributed by atoms with Crippen LogP contribution in [0, 0.1) is 0 Å². The highest BCUT2D eigenvalue weighted by Crippen LogP contribution is 2.39. The van der Waals surface area contributed by atoms with Crippen molar-refractivity contribution in [1.29, 1.82) is 0 Å². The third-order valence-electron chi connectivity index (χ3n) is 5.99. The first kappa shape index (κ1) is 27.8. The van der Waals surface area contributed by atoms with Gasteiger partial charge in [0.05, 0.1) is 25.3 Å². The van der Waals surface area contributed by atoms with E-state index in [0.29, 0.717) is 11.1 Å². The van der Waals surface area contributed by atoms with Crippen LogP contribution in [-0.4, -0.2) is 41.7 Å². The number of hydrogen-bond acceptors (Lipinski definition) is 6. The third kappa shape index (κ3) is 6.26. The molecule has 0 aliphatic carbocycles. The van der Waals surface area contributed by atoms with E-state index in [-0.39, 0.29) is 31.0 Å². The first-order valence-corrected chi connectivity index (χ1v) is 11.5. The van der Waals surface area contributed by atoms with E-state index in [1.54, 1.807) is 6.92 Å². The molecule has 1 N–H and O–H groups in total. The lowest BCUT2D eigenvalue weighted by Crippen LogP contribution is -2.31. The Morgan fingerprint density at radius 1 is 1.05 bits per heavy atom. The van der Waals surface area contributed by atoms with Crippen LogP contribution in [0.2, 0.25) is 0 Å². The van der Waals surface area contributed by atoms with Crippen LogP contribution >= 0.6 is 0 Å². The maximum absolute atomic E-state index is 13.9. The molecule has 2 aromatic carbocycles. The number of nitrogens with zero attached hydrogens (tertiary/aromatic N) is 3. The predicted molar refractivity (Wildman–Crippen MR) is 125 cm³/mol. The number of amides is 1. The second kappa shape index (κ2) is 10.5. The highest BCUT2D eigenvalue weighted by molar-refractivity contribution is 6.01. The van der Waals surface area contributed by atoms with E-state index in [1.165, 1.54) is 48.4 Å². The van der Waals surface area contributed by atoms with Crippen molar-refractivity contribution >= 4 is 17.7 Å². The van der Waals surface area contributed by atoms with E-state index in [4.69, 9.17) is 0 Å². The summed E-state index contributed by atoms with van der Waals surface area (Å²) in [6, 6.07) is 10.3. The van der Waals surface area contributed by atoms with Crippen molar-refractivity contribution in [1.82, 2.24) is 15.1 Å². The van der Waals surface area contributed by atoms with Crippen molar-refractivity contribution in [2.24, 2.45) is 0 Å². The standard InChI is InChI=1S/C25H22F6N4O4/c1-14(16-6-8-17(9-7-16)23(37)38-2)32-21(36)19-20(24(26,27)28)33-35-11-10-34(22(19)35)13-15-4-3-5-18(12-15)39-25(29,30)31/h3-9,12,14H,10-11,13H2,1-2H3,(H,32,36)/t14-/m0/s1. The van der Waals surface area contributed by atoms with E-state index in [1.807, 2.05) is 0 Å². The van der Waals surface area contributed by atoms with Gasteiger partial charge in [-0.2, -0.15) is 18.3 Å². The number of carbonyl (C=O) groups excluding carboxylic acids is 2. The molecule has 3 aromatic rings. The molecule has 8 nitrogen and oxygen atoms in total. The number of alkyl halides is 6. The minimum Gasteiger partial charge on any atom is -0.465 e. The minimum absolute atomic E-state index is 0.0367. The highest BCUT2D eigenvalue weighted by atomic mass is 19.4. The van der Waals surface area contributed by atoms with E-state index < -0.39 is 47.5 Å². The Kier molecular flexibility index (Phi) is 7.48. The Morgan fingerprint density at radius 3 is 2.36 bits per heavy atom. The number of anilines is 1. The number of aromatic nitrogens is 2. The quantitative estimate of drug-likeness (QED) is 0.322. The molecular weight excluding hydrogens is 534 g/mol. The summed E-state index contributed by atoms with van der Waals surface area (Å²) >= 11 is 0. The molecule has 0 saturated carbocycles. The van der Waals surface area contributed by atoms with E-state index in [2.05, 4.69) is 19.9 Å². The molecule has 0 fully saturated rings. The molecule has 4 rings (SSSR count). The van der Waals surface area contributed by atoms with E-state index in [9.17, 15) is 35.9 Å². The van der Waals surface area contributed by atoms with Crippen molar-refractivity contribution < 1.29 is 45.4 Å². The number of esters is 1. The zero-order chi connectivity index (χ0) is 28.5. The molecular formula is C25H22F6N4O4. The van der Waals surface area contributed by atoms with Crippen LogP contribution in [0.3, 0.4) is 0 Å². The molecule has 208 valence electrons. The molecule has 2 heterocycles. The van der Waals surface area contributed by atoms with Gasteiger partial charge >= 0.3 is 18.5 Å². The first-order valence-electron chi connectivity index (χ1n) is 11.5. The summed E-state index contributed by atoms with van der Waals surface area (Å²) in [5, 5.41) is 6.17. The number of halogens is 6. The summed E-state index contributed by atoms with van der Waals surface area (Å²) in [7, 11) is 1.22. The summed E-state index contributed by atoms with van der Waals surface area (Å²) in [4.78, 5) is 26.3. The number of methoxy groups -OCH3 is 1. The third-order valence-corrected chi connectivity index (χ3v) is 5.99. The SMILES string of the molecule is COC(=O)c1ccc([C@H](C)NC(=O)c2c(C(F)(F)F)nn3c2N(Cc2cccc(OC(F)(F)F)c2)CC3)cc1. The Labute approximate surface area is 218 Å². The topological polar surface area (TPSA) is 85.7 Å². The lowest BCUT2D eigenvalue weighted by Gasteiger charge is -2.21. The molecule has 1 atom stereocenters. The molecule has 39 heavy (non-hydrogen) atoms. The summed E-state index contributed by atoms with van der Waals surface area (Å²) in [5.41, 5.74) is -0.964. The van der Waals surface area contributed by atoms with Gasteiger partial charge in [-0.05, 0) is 42.3 Å². The highest BCUT2D eigenvalue weighted by Gasteiger charge is 2.44. The van der Waals surface area contributed by atoms with Gasteiger partial charge < -0.3 is 19.7 Å². The van der Waals surface area contributed by atoms with Gasteiger partial charge in [0.25, 0.3) is 5.91 Å². The van der Waals surface area contributed by atoms with Crippen LogP contribution in [0.15, 0.2) is 48.5 Å². The fourth-order valence-corrected chi connectivity index (χ4v) is 4.25. The van der Waals surface area contributed by atoms with Gasteiger partial charge in [-0.25, -0.2) is 9.48 Å². The number of fused-ring (bicyclic) bond motifs is 1. The maximum atomic E-state index is 13.9. The Balaban J connectivity index is 1.61. The maximum Gasteiger partial charge on any atom is 0.573 e. The normalized spacial score (nSPS) is 14.1. The summed E-state index contributed by atoms with van der Waals surface area (Å²) in [6.45, 7) is 1.68. The van der Waals surface area contributed by atoms with Crippen LogP contribution < -0.4 is 15.0 Å². The van der Waals surface area contributed by atoms with Gasteiger partial charge in [-0.15, -0.1) is 13.2 Å². The summed E-state index contributed by atoms with van der Waals surface area (Å²) in [6.07, 6.45) is -9.85. The smallest absolute Gasteiger partial charge is 0.465 e. The van der Waals surface area contributed by atoms with Crippen LogP contribution in [0.25, 0.3) is 0 Å².